The number of hydrogen-bond acceptors (Lipinski definition) is 26. The highest BCUT2D eigenvalue weighted by atomic mass is 16.4. The van der Waals surface area contributed by atoms with Gasteiger partial charge >= 0.3 is 5.97 Å². The summed E-state index contributed by atoms with van der Waals surface area (Å²) in [5.41, 5.74) is 35.9. The number of nitrogens with two attached hydrogens (primary N) is 6. The molecule has 784 valence electrons. The summed E-state index contributed by atoms with van der Waals surface area (Å²) in [6.07, 6.45) is 3.69. The van der Waals surface area contributed by atoms with E-state index in [0.717, 1.165) is 10.9 Å². The number of aliphatic hydroxyl groups excluding tert-OH is 1. The Bertz CT molecular complexity index is 4380. The highest BCUT2D eigenvalue weighted by Gasteiger charge is 2.40. The molecule has 2 aromatic rings. The van der Waals surface area contributed by atoms with Gasteiger partial charge in [-0.2, -0.15) is 0 Å². The van der Waals surface area contributed by atoms with Crippen molar-refractivity contribution in [1.29, 1.82) is 0 Å². The van der Waals surface area contributed by atoms with Crippen molar-refractivity contribution in [3.05, 3.63) is 36.0 Å². The fraction of sp³-hybridized carbons (Fsp3) is 0.696. The minimum atomic E-state index is -1.81. The Morgan fingerprint density at radius 3 is 1.09 bits per heavy atom. The normalized spacial score (nSPS) is 15.3. The molecule has 0 unspecified atom stereocenters. The Kier molecular flexibility index (Phi) is 56.8. The van der Waals surface area contributed by atoms with Crippen LogP contribution in [0.5, 0.6) is 0 Å². The van der Waals surface area contributed by atoms with E-state index in [2.05, 4.69) is 101 Å². The predicted octanol–water partition coefficient (Wildman–Crippen LogP) is -4.93. The van der Waals surface area contributed by atoms with Gasteiger partial charge in [-0.1, -0.05) is 108 Å². The van der Waals surface area contributed by atoms with Crippen LogP contribution < -0.4 is 130 Å². The van der Waals surface area contributed by atoms with Crippen molar-refractivity contribution in [2.45, 2.75) is 329 Å². The average Bonchev–Trinajstić information content (AvgIpc) is 1.68. The first-order valence-corrected chi connectivity index (χ1v) is 48.0. The molecule has 0 aliphatic carbocycles. The topological polar surface area (TPSA) is 770 Å². The number of rotatable bonds is 68. The first kappa shape index (κ1) is 123. The number of amides is 19. The molecule has 139 heavy (non-hydrogen) atoms. The lowest BCUT2D eigenvalue weighted by Crippen LogP contribution is -2.62. The van der Waals surface area contributed by atoms with E-state index in [-0.39, 0.29) is 121 Å². The van der Waals surface area contributed by atoms with E-state index in [1.165, 1.54) is 41.5 Å². The SMILES string of the molecule is CC[C@H](C)[C@H](NC(=O)[C@H](CO)NC(=O)[C@H](CCCCN)NC(=O)[C@H](Cc1c[nH]c2ccccc12)NC(=O)[C@H](CC(C)C)NC(=O)[C@H](C)N)C(=O)N[C@@H](CC(C)C)C(=O)N[C@@H](CCCCN)C(=O)N[C@@H](CC(N)=O)C(=O)N[C@H](C(=O)NCC(=O)N[C@@H](CCCCN)C(=O)N[C@@H](C)C(=O)N[C@@H](C)C(=O)NCC(=O)N[C@@H](CCCCN)C(=O)N[C@@H](C)C(=O)N[C@H](C(=O)N[C@@H](CC(C)C)C(=O)O)C(C)C)C(C)C. The molecule has 2 rings (SSSR count). The number of nitrogens with one attached hydrogen (secondary N) is 19. The van der Waals surface area contributed by atoms with Gasteiger partial charge in [0.1, 0.15) is 96.7 Å². The molecule has 0 saturated heterocycles. The summed E-state index contributed by atoms with van der Waals surface area (Å²) >= 11 is 0. The number of aliphatic carboxylic acids is 1. The Labute approximate surface area is 813 Å². The van der Waals surface area contributed by atoms with Gasteiger partial charge in [0.15, 0.2) is 0 Å². The van der Waals surface area contributed by atoms with Crippen LogP contribution in [0.2, 0.25) is 0 Å². The van der Waals surface area contributed by atoms with Crippen molar-refractivity contribution in [2.24, 2.45) is 69.9 Å². The number of carbonyl (C=O) groups is 20. The van der Waals surface area contributed by atoms with Crippen LogP contribution in [-0.2, 0) is 102 Å². The van der Waals surface area contributed by atoms with E-state index in [4.69, 9.17) is 34.4 Å². The second kappa shape index (κ2) is 64.2. The fourth-order valence-electron chi connectivity index (χ4n) is 14.5. The van der Waals surface area contributed by atoms with Crippen LogP contribution in [0.15, 0.2) is 30.5 Å². The van der Waals surface area contributed by atoms with E-state index < -0.39 is 265 Å². The summed E-state index contributed by atoms with van der Waals surface area (Å²) in [5, 5.41) is 66.9. The van der Waals surface area contributed by atoms with Crippen molar-refractivity contribution < 1.29 is 106 Å². The number of aromatic nitrogens is 1. The number of primary amides is 1. The maximum Gasteiger partial charge on any atom is 0.326 e. The van der Waals surface area contributed by atoms with Gasteiger partial charge in [0.2, 0.25) is 112 Å². The second-order valence-electron chi connectivity index (χ2n) is 37.3. The predicted molar refractivity (Wildman–Crippen MR) is 517 cm³/mol. The maximum absolute atomic E-state index is 14.7. The summed E-state index contributed by atoms with van der Waals surface area (Å²) in [7, 11) is 0. The third-order valence-corrected chi connectivity index (χ3v) is 22.7. The highest BCUT2D eigenvalue weighted by Crippen LogP contribution is 2.22. The molecule has 0 saturated carbocycles. The van der Waals surface area contributed by atoms with E-state index in [1.807, 2.05) is 32.0 Å². The van der Waals surface area contributed by atoms with Gasteiger partial charge in [0, 0.05) is 23.5 Å². The number of aromatic amines is 1. The number of unbranched alkanes of at least 4 members (excludes halogenated alkanes) is 4. The third-order valence-electron chi connectivity index (χ3n) is 22.7. The molecular formula is C92H159N25O22. The molecule has 47 nitrogen and oxygen atoms in total. The zero-order chi connectivity index (χ0) is 105. The summed E-state index contributed by atoms with van der Waals surface area (Å²) in [6, 6.07) is -16.1. The van der Waals surface area contributed by atoms with Crippen LogP contribution in [0.25, 0.3) is 10.9 Å². The first-order valence-electron chi connectivity index (χ1n) is 48.0. The molecule has 0 fully saturated rings. The maximum atomic E-state index is 14.7. The molecular weight excluding hydrogens is 1810 g/mol. The fourth-order valence-corrected chi connectivity index (χ4v) is 14.5. The van der Waals surface area contributed by atoms with E-state index in [9.17, 15) is 106 Å². The lowest BCUT2D eigenvalue weighted by Gasteiger charge is -2.30. The standard InChI is InChI=1S/C92H159N25O22/c1-17-52(12)75(117-88(134)69(46-118)114-83(129)63(33-23-27-37-96)108-86(132)66(41-57-43-99-59-29-19-18-28-58(57)59)110-85(131)64(38-47(2)3)109-76(122)53(13)97)91(137)112-65(39-48(4)5)84(130)107-62(32-22-26-36-95)82(128)111-67(42-70(98)119)87(133)116-73(50(8)9)89(135)101-45-72(121)106-60(30-20-24-34-93)80(126)103-55(15)78(124)102-54(14)77(123)100-44-71(120)105-61(31-21-25-35-94)81(127)104-56(16)79(125)115-74(51(10)11)90(136)113-68(92(138)139)40-49(6)7/h18-19,28-29,43,47-56,60-69,73-75,99,118H,17,20-27,30-42,44-46,93-97H2,1-16H3,(H2,98,119)(H,100,123)(H,101,135)(H,102,124)(H,103,126)(H,104,127)(H,105,120)(H,106,121)(H,107,130)(H,108,132)(H,109,122)(H,110,131)(H,111,128)(H,112,137)(H,113,136)(H,114,129)(H,115,125)(H,116,133)(H,117,134)(H,138,139)/t52-,53-,54-,55-,56-,60-,61-,62-,63-,64-,65-,66-,67-,68-,69-,73-,74-,75-/m0/s1. The average molecular weight is 1970 g/mol. The summed E-state index contributed by atoms with van der Waals surface area (Å²) in [5.74, 6) is -20.6. The van der Waals surface area contributed by atoms with Crippen LogP contribution in [0.3, 0.4) is 0 Å². The third kappa shape index (κ3) is 45.6. The van der Waals surface area contributed by atoms with Crippen molar-refractivity contribution in [1.82, 2.24) is 101 Å². The molecule has 0 bridgehead atoms. The number of hydrogen-bond donors (Lipinski definition) is 27. The van der Waals surface area contributed by atoms with Crippen molar-refractivity contribution >= 4 is 129 Å². The molecule has 1 aromatic carbocycles. The van der Waals surface area contributed by atoms with Gasteiger partial charge in [-0.25, -0.2) is 4.79 Å². The van der Waals surface area contributed by atoms with Crippen molar-refractivity contribution in [3.63, 3.8) is 0 Å². The number of para-hydroxylation sites is 1. The summed E-state index contributed by atoms with van der Waals surface area (Å²) in [6.45, 7) is 23.9. The van der Waals surface area contributed by atoms with Gasteiger partial charge in [-0.05, 0) is 197 Å². The van der Waals surface area contributed by atoms with Gasteiger partial charge in [0.05, 0.1) is 32.2 Å². The number of benzene rings is 1. The van der Waals surface area contributed by atoms with Gasteiger partial charge in [0.25, 0.3) is 0 Å². The zero-order valence-corrected chi connectivity index (χ0v) is 83.4. The molecule has 19 amide bonds. The molecule has 0 aliphatic rings. The molecule has 18 atom stereocenters. The molecule has 0 radical (unpaired) electrons. The van der Waals surface area contributed by atoms with Crippen LogP contribution in [-0.4, -0.2) is 282 Å². The zero-order valence-electron chi connectivity index (χ0n) is 83.4. The van der Waals surface area contributed by atoms with Gasteiger partial charge in [-0.3, -0.25) is 91.1 Å². The number of carboxylic acids is 1. The Morgan fingerprint density at radius 1 is 0.345 bits per heavy atom. The number of carboxylic acid groups (broad SMARTS) is 1. The second-order valence-corrected chi connectivity index (χ2v) is 37.3. The molecule has 33 N–H and O–H groups in total. The quantitative estimate of drug-likeness (QED) is 0.0276. The van der Waals surface area contributed by atoms with Gasteiger partial charge < -0.3 is 145 Å². The monoisotopic (exact) mass is 1970 g/mol. The smallest absolute Gasteiger partial charge is 0.326 e. The number of H-pyrrole nitrogens is 1. The van der Waals surface area contributed by atoms with Crippen molar-refractivity contribution in [3.8, 4) is 0 Å². The van der Waals surface area contributed by atoms with Gasteiger partial charge in [-0.15, -0.1) is 0 Å². The molecule has 47 heteroatoms. The minimum Gasteiger partial charge on any atom is -0.480 e. The molecule has 1 aromatic heterocycles. The minimum absolute atomic E-state index is 0.0307. The molecule has 0 spiro atoms. The molecule has 0 aliphatic heterocycles. The van der Waals surface area contributed by atoms with E-state index in [1.54, 1.807) is 67.7 Å². The van der Waals surface area contributed by atoms with E-state index >= 15 is 0 Å². The largest absolute Gasteiger partial charge is 0.480 e. The van der Waals surface area contributed by atoms with Crippen LogP contribution in [0.4, 0.5) is 0 Å². The van der Waals surface area contributed by atoms with Crippen LogP contribution in [0.1, 0.15) is 225 Å². The van der Waals surface area contributed by atoms with Crippen molar-refractivity contribution in [2.75, 3.05) is 45.9 Å². The molecule has 1 heterocycles. The number of fused-ring (bicyclic) bond motifs is 1. The first-order chi connectivity index (χ1) is 65.4. The number of aliphatic hydroxyl groups is 1. The van der Waals surface area contributed by atoms with Crippen LogP contribution >= 0.6 is 0 Å². The summed E-state index contributed by atoms with van der Waals surface area (Å²) in [4.78, 5) is 278. The Balaban J connectivity index is 2.30. The van der Waals surface area contributed by atoms with Crippen LogP contribution in [0, 0.1) is 35.5 Å². The summed E-state index contributed by atoms with van der Waals surface area (Å²) < 4.78 is 0. The Hall–Kier alpha value is -12.1. The Morgan fingerprint density at radius 2 is 0.669 bits per heavy atom. The number of carbonyl (C=O) groups excluding carboxylic acids is 19. The lowest BCUT2D eigenvalue weighted by atomic mass is 9.96. The van der Waals surface area contributed by atoms with E-state index in [0.29, 0.717) is 37.7 Å². The highest BCUT2D eigenvalue weighted by molar-refractivity contribution is 6.02. The lowest BCUT2D eigenvalue weighted by molar-refractivity contribution is -0.143.